The van der Waals surface area contributed by atoms with Crippen molar-refractivity contribution in [1.82, 2.24) is 5.32 Å². The van der Waals surface area contributed by atoms with Gasteiger partial charge in [0.05, 0.1) is 17.3 Å². The van der Waals surface area contributed by atoms with E-state index in [2.05, 4.69) is 5.32 Å². The van der Waals surface area contributed by atoms with Crippen molar-refractivity contribution in [2.24, 2.45) is 0 Å². The summed E-state index contributed by atoms with van der Waals surface area (Å²) in [5.74, 6) is -0.195. The van der Waals surface area contributed by atoms with Crippen molar-refractivity contribution in [3.8, 4) is 5.75 Å². The molecule has 0 unspecified atom stereocenters. The van der Waals surface area contributed by atoms with Gasteiger partial charge < -0.3 is 10.1 Å². The summed E-state index contributed by atoms with van der Waals surface area (Å²) in [7, 11) is 0. The molecule has 0 atom stereocenters. The Morgan fingerprint density at radius 2 is 2.00 bits per heavy atom. The van der Waals surface area contributed by atoms with Crippen LogP contribution in [0.4, 0.5) is 10.1 Å². The third kappa shape index (κ3) is 3.50. The van der Waals surface area contributed by atoms with Crippen LogP contribution < -0.4 is 15.0 Å². The lowest BCUT2D eigenvalue weighted by atomic mass is 10.1. The van der Waals surface area contributed by atoms with Crippen LogP contribution in [0.5, 0.6) is 5.75 Å². The van der Waals surface area contributed by atoms with Gasteiger partial charge in [-0.05, 0) is 61.6 Å². The van der Waals surface area contributed by atoms with E-state index in [4.69, 9.17) is 28.6 Å². The van der Waals surface area contributed by atoms with Gasteiger partial charge in [-0.2, -0.15) is 0 Å². The second-order valence-electron chi connectivity index (χ2n) is 5.19. The lowest BCUT2D eigenvalue weighted by Crippen LogP contribution is -2.30. The predicted octanol–water partition coefficient (Wildman–Crippen LogP) is 4.14. The van der Waals surface area contributed by atoms with Crippen LogP contribution in [0, 0.1) is 5.82 Å². The van der Waals surface area contributed by atoms with Crippen LogP contribution in [0.15, 0.2) is 48.2 Å². The van der Waals surface area contributed by atoms with E-state index < -0.39 is 5.82 Å². The number of hydrogen-bond donors (Lipinski definition) is 1. The lowest BCUT2D eigenvalue weighted by molar-refractivity contribution is -0.113. The Balaban J connectivity index is 1.91. The highest BCUT2D eigenvalue weighted by Gasteiger charge is 2.32. The van der Waals surface area contributed by atoms with Gasteiger partial charge in [0.2, 0.25) is 0 Å². The summed E-state index contributed by atoms with van der Waals surface area (Å²) in [5.41, 5.74) is 0.885. The summed E-state index contributed by atoms with van der Waals surface area (Å²) in [6.07, 6.45) is 1.36. The van der Waals surface area contributed by atoms with Crippen LogP contribution in [-0.4, -0.2) is 17.6 Å². The monoisotopic (exact) mass is 376 g/mol. The smallest absolute Gasteiger partial charge is 0.281 e. The summed E-state index contributed by atoms with van der Waals surface area (Å²) < 4.78 is 19.3. The molecule has 1 saturated heterocycles. The van der Waals surface area contributed by atoms with E-state index in [0.29, 0.717) is 18.0 Å². The number of ether oxygens (including phenoxy) is 1. The normalized spacial score (nSPS) is 15.6. The number of halogens is 2. The van der Waals surface area contributed by atoms with Crippen molar-refractivity contribution >= 4 is 46.6 Å². The molecule has 0 radical (unpaired) electrons. The van der Waals surface area contributed by atoms with Gasteiger partial charge in [-0.15, -0.1) is 0 Å². The van der Waals surface area contributed by atoms with E-state index in [1.807, 2.05) is 6.92 Å². The second-order valence-corrected chi connectivity index (χ2v) is 5.98. The van der Waals surface area contributed by atoms with E-state index in [1.165, 1.54) is 23.1 Å². The molecular formula is C18H14ClFN2O2S. The first-order valence-corrected chi connectivity index (χ1v) is 8.34. The molecule has 3 rings (SSSR count). The number of carbonyl (C=O) groups excluding carboxylic acids is 1. The molecular weight excluding hydrogens is 363 g/mol. The number of amides is 1. The maximum absolute atomic E-state index is 13.9. The number of thiocarbonyl (C=S) groups is 1. The number of hydrogen-bond acceptors (Lipinski definition) is 3. The van der Waals surface area contributed by atoms with Gasteiger partial charge in [-0.3, -0.25) is 9.69 Å². The number of anilines is 1. The van der Waals surface area contributed by atoms with Gasteiger partial charge in [0.15, 0.2) is 5.11 Å². The fourth-order valence-electron chi connectivity index (χ4n) is 2.42. The SMILES string of the molecule is CCOc1ccc(N2C(=O)/C(=C\c3c(F)cccc3Cl)NC2=S)cc1. The zero-order chi connectivity index (χ0) is 18.0. The standard InChI is InChI=1S/C18H14ClFN2O2S/c1-2-24-12-8-6-11(7-9-12)22-17(23)16(21-18(22)25)10-13-14(19)4-3-5-15(13)20/h3-10H,2H2,1H3,(H,21,25)/b16-10+. The minimum atomic E-state index is -0.514. The maximum Gasteiger partial charge on any atom is 0.281 e. The Labute approximate surface area is 154 Å². The maximum atomic E-state index is 13.9. The fraction of sp³-hybridized carbons (Fsp3) is 0.111. The molecule has 1 aliphatic rings. The topological polar surface area (TPSA) is 41.6 Å². The highest BCUT2D eigenvalue weighted by atomic mass is 35.5. The van der Waals surface area contributed by atoms with E-state index >= 15 is 0 Å². The van der Waals surface area contributed by atoms with Crippen molar-refractivity contribution < 1.29 is 13.9 Å². The molecule has 1 N–H and O–H groups in total. The van der Waals surface area contributed by atoms with Crippen LogP contribution in [0.3, 0.4) is 0 Å². The van der Waals surface area contributed by atoms with Crippen molar-refractivity contribution in [3.05, 3.63) is 64.6 Å². The zero-order valence-electron chi connectivity index (χ0n) is 13.3. The molecule has 0 spiro atoms. The largest absolute Gasteiger partial charge is 0.494 e. The Bertz CT molecular complexity index is 848. The summed E-state index contributed by atoms with van der Waals surface area (Å²) in [4.78, 5) is 14.0. The molecule has 0 bridgehead atoms. The molecule has 0 aliphatic carbocycles. The molecule has 128 valence electrons. The van der Waals surface area contributed by atoms with Crippen LogP contribution in [0.2, 0.25) is 5.02 Å². The minimum Gasteiger partial charge on any atom is -0.494 e. The number of nitrogens with one attached hydrogen (secondary N) is 1. The van der Waals surface area contributed by atoms with Gasteiger partial charge in [0.1, 0.15) is 17.3 Å². The van der Waals surface area contributed by atoms with E-state index in [1.54, 1.807) is 30.3 Å². The lowest BCUT2D eigenvalue weighted by Gasteiger charge is -2.14. The van der Waals surface area contributed by atoms with Crippen molar-refractivity contribution in [2.75, 3.05) is 11.5 Å². The zero-order valence-corrected chi connectivity index (χ0v) is 14.8. The highest BCUT2D eigenvalue weighted by Crippen LogP contribution is 2.27. The Morgan fingerprint density at radius 3 is 2.64 bits per heavy atom. The van der Waals surface area contributed by atoms with Gasteiger partial charge in [0.25, 0.3) is 5.91 Å². The fourth-order valence-corrected chi connectivity index (χ4v) is 2.94. The average molecular weight is 377 g/mol. The average Bonchev–Trinajstić information content (AvgIpc) is 2.86. The number of benzene rings is 2. The molecule has 1 heterocycles. The van der Waals surface area contributed by atoms with Crippen LogP contribution in [0.1, 0.15) is 12.5 Å². The third-order valence-corrected chi connectivity index (χ3v) is 4.19. The molecule has 0 aromatic heterocycles. The van der Waals surface area contributed by atoms with Crippen molar-refractivity contribution in [2.45, 2.75) is 6.92 Å². The second kappa shape index (κ2) is 7.21. The van der Waals surface area contributed by atoms with Crippen LogP contribution in [-0.2, 0) is 4.79 Å². The van der Waals surface area contributed by atoms with Crippen LogP contribution in [0.25, 0.3) is 6.08 Å². The summed E-state index contributed by atoms with van der Waals surface area (Å²) >= 11 is 11.2. The molecule has 25 heavy (non-hydrogen) atoms. The van der Waals surface area contributed by atoms with Gasteiger partial charge in [0, 0.05) is 5.56 Å². The highest BCUT2D eigenvalue weighted by molar-refractivity contribution is 7.80. The van der Waals surface area contributed by atoms with Crippen LogP contribution >= 0.6 is 23.8 Å². The Hall–Kier alpha value is -2.44. The third-order valence-electron chi connectivity index (χ3n) is 3.57. The van der Waals surface area contributed by atoms with Crippen molar-refractivity contribution in [3.63, 3.8) is 0 Å². The molecule has 2 aromatic carbocycles. The predicted molar refractivity (Wildman–Crippen MR) is 100 cm³/mol. The number of rotatable bonds is 4. The molecule has 1 amide bonds. The molecule has 0 saturated carbocycles. The minimum absolute atomic E-state index is 0.136. The number of carbonyl (C=O) groups is 1. The molecule has 4 nitrogen and oxygen atoms in total. The molecule has 1 aliphatic heterocycles. The Morgan fingerprint density at radius 1 is 1.28 bits per heavy atom. The molecule has 7 heteroatoms. The summed E-state index contributed by atoms with van der Waals surface area (Å²) in [5, 5.41) is 3.24. The van der Waals surface area contributed by atoms with Gasteiger partial charge in [-0.1, -0.05) is 17.7 Å². The van der Waals surface area contributed by atoms with Gasteiger partial charge >= 0.3 is 0 Å². The molecule has 2 aromatic rings. The summed E-state index contributed by atoms with van der Waals surface area (Å²) in [6.45, 7) is 2.44. The van der Waals surface area contributed by atoms with E-state index in [-0.39, 0.29) is 27.3 Å². The quantitative estimate of drug-likeness (QED) is 0.643. The molecule has 1 fully saturated rings. The van der Waals surface area contributed by atoms with E-state index in [0.717, 1.165) is 0 Å². The first-order valence-electron chi connectivity index (χ1n) is 7.55. The van der Waals surface area contributed by atoms with E-state index in [9.17, 15) is 9.18 Å². The van der Waals surface area contributed by atoms with Gasteiger partial charge in [-0.25, -0.2) is 4.39 Å². The number of nitrogens with zero attached hydrogens (tertiary/aromatic N) is 1. The first kappa shape index (κ1) is 17.4. The first-order chi connectivity index (χ1) is 12.0. The van der Waals surface area contributed by atoms with Crippen molar-refractivity contribution in [1.29, 1.82) is 0 Å². The summed E-state index contributed by atoms with van der Waals surface area (Å²) in [6, 6.07) is 11.3. The Kier molecular flexibility index (Phi) is 5.01.